The third-order valence-electron chi connectivity index (χ3n) is 1.54. The number of rotatable bonds is 3. The summed E-state index contributed by atoms with van der Waals surface area (Å²) in [6.45, 7) is 0.00779. The Labute approximate surface area is 82.9 Å². The van der Waals surface area contributed by atoms with Gasteiger partial charge >= 0.3 is 0 Å². The Balaban J connectivity index is 2.71. The fourth-order valence-electron chi connectivity index (χ4n) is 0.848. The maximum atomic E-state index is 8.81. The minimum atomic E-state index is -0.164. The van der Waals surface area contributed by atoms with Crippen LogP contribution in [0, 0.1) is 0 Å². The van der Waals surface area contributed by atoms with E-state index in [9.17, 15) is 0 Å². The average molecular weight is 201 g/mol. The van der Waals surface area contributed by atoms with Gasteiger partial charge in [-0.2, -0.15) is 25.3 Å². The predicted molar refractivity (Wildman–Crippen MR) is 55.8 cm³/mol. The summed E-state index contributed by atoms with van der Waals surface area (Å²) in [4.78, 5) is 4.11. The SMILES string of the molecule is OCC(S)C(S)c1ccccn1. The molecule has 0 amide bonds. The van der Waals surface area contributed by atoms with E-state index in [1.54, 1.807) is 6.20 Å². The van der Waals surface area contributed by atoms with Crippen molar-refractivity contribution in [3.8, 4) is 0 Å². The van der Waals surface area contributed by atoms with Crippen molar-refractivity contribution in [2.45, 2.75) is 10.5 Å². The molecule has 2 nitrogen and oxygen atoms in total. The molecule has 4 heteroatoms. The molecule has 0 saturated carbocycles. The van der Waals surface area contributed by atoms with Crippen molar-refractivity contribution in [2.75, 3.05) is 6.61 Å². The number of hydrogen-bond donors (Lipinski definition) is 3. The molecule has 2 atom stereocenters. The van der Waals surface area contributed by atoms with E-state index in [0.717, 1.165) is 5.69 Å². The molecule has 1 rings (SSSR count). The van der Waals surface area contributed by atoms with Crippen molar-refractivity contribution < 1.29 is 5.11 Å². The highest BCUT2D eigenvalue weighted by molar-refractivity contribution is 7.85. The number of aromatic nitrogens is 1. The van der Waals surface area contributed by atoms with Crippen LogP contribution in [-0.2, 0) is 0 Å². The van der Waals surface area contributed by atoms with Crippen molar-refractivity contribution in [1.82, 2.24) is 4.98 Å². The number of aliphatic hydroxyl groups is 1. The lowest BCUT2D eigenvalue weighted by Crippen LogP contribution is -2.13. The molecule has 0 aliphatic carbocycles. The van der Waals surface area contributed by atoms with Gasteiger partial charge in [-0.05, 0) is 12.1 Å². The van der Waals surface area contributed by atoms with Crippen LogP contribution in [0.1, 0.15) is 10.9 Å². The molecule has 0 bridgehead atoms. The number of pyridine rings is 1. The van der Waals surface area contributed by atoms with Crippen LogP contribution in [0.4, 0.5) is 0 Å². The average Bonchev–Trinajstić information content (AvgIpc) is 2.17. The van der Waals surface area contributed by atoms with Gasteiger partial charge in [0, 0.05) is 11.4 Å². The van der Waals surface area contributed by atoms with Crippen molar-refractivity contribution in [3.63, 3.8) is 0 Å². The quantitative estimate of drug-likeness (QED) is 0.645. The summed E-state index contributed by atoms with van der Waals surface area (Å²) >= 11 is 8.47. The Morgan fingerprint density at radius 3 is 2.67 bits per heavy atom. The second-order valence-electron chi connectivity index (χ2n) is 2.45. The zero-order valence-corrected chi connectivity index (χ0v) is 8.25. The largest absolute Gasteiger partial charge is 0.395 e. The summed E-state index contributed by atoms with van der Waals surface area (Å²) in [6.07, 6.45) is 1.70. The first kappa shape index (κ1) is 9.89. The Bertz CT molecular complexity index is 230. The standard InChI is InChI=1S/C8H11NOS2/c10-5-7(11)8(12)6-3-1-2-4-9-6/h1-4,7-8,10-12H,5H2. The number of hydrogen-bond acceptors (Lipinski definition) is 4. The summed E-state index contributed by atoms with van der Waals surface area (Å²) in [6, 6.07) is 5.61. The van der Waals surface area contributed by atoms with E-state index < -0.39 is 0 Å². The van der Waals surface area contributed by atoms with Crippen molar-refractivity contribution in [1.29, 1.82) is 0 Å². The molecule has 0 aliphatic heterocycles. The van der Waals surface area contributed by atoms with E-state index in [2.05, 4.69) is 30.2 Å². The minimum absolute atomic E-state index is 0.00779. The van der Waals surface area contributed by atoms with Gasteiger partial charge in [0.05, 0.1) is 17.6 Å². The van der Waals surface area contributed by atoms with Crippen LogP contribution in [0.15, 0.2) is 24.4 Å². The van der Waals surface area contributed by atoms with Crippen molar-refractivity contribution in [3.05, 3.63) is 30.1 Å². The summed E-state index contributed by atoms with van der Waals surface area (Å²) in [5.41, 5.74) is 0.842. The van der Waals surface area contributed by atoms with Gasteiger partial charge in [-0.1, -0.05) is 6.07 Å². The highest BCUT2D eigenvalue weighted by atomic mass is 32.1. The van der Waals surface area contributed by atoms with Gasteiger partial charge in [0.1, 0.15) is 0 Å². The van der Waals surface area contributed by atoms with E-state index in [4.69, 9.17) is 5.11 Å². The molecule has 0 radical (unpaired) electrons. The Morgan fingerprint density at radius 1 is 1.42 bits per heavy atom. The molecule has 66 valence electrons. The van der Waals surface area contributed by atoms with Crippen LogP contribution in [0.2, 0.25) is 0 Å². The van der Waals surface area contributed by atoms with Crippen LogP contribution >= 0.6 is 25.3 Å². The van der Waals surface area contributed by atoms with Gasteiger partial charge < -0.3 is 5.11 Å². The van der Waals surface area contributed by atoms with Gasteiger partial charge in [0.2, 0.25) is 0 Å². The second kappa shape index (κ2) is 4.74. The molecule has 0 fully saturated rings. The lowest BCUT2D eigenvalue weighted by atomic mass is 10.2. The van der Waals surface area contributed by atoms with Gasteiger partial charge in [-0.15, -0.1) is 0 Å². The fourth-order valence-corrected chi connectivity index (χ4v) is 1.25. The summed E-state index contributed by atoms with van der Waals surface area (Å²) < 4.78 is 0. The molecule has 12 heavy (non-hydrogen) atoms. The molecule has 0 saturated heterocycles. The van der Waals surface area contributed by atoms with E-state index in [-0.39, 0.29) is 17.1 Å². The number of thiol groups is 2. The first-order valence-electron chi connectivity index (χ1n) is 3.63. The van der Waals surface area contributed by atoms with E-state index in [1.165, 1.54) is 0 Å². The maximum Gasteiger partial charge on any atom is 0.0578 e. The predicted octanol–water partition coefficient (Wildman–Crippen LogP) is 1.34. The fraction of sp³-hybridized carbons (Fsp3) is 0.375. The van der Waals surface area contributed by atoms with Crippen LogP contribution in [0.5, 0.6) is 0 Å². The molecular formula is C8H11NOS2. The monoisotopic (exact) mass is 201 g/mol. The van der Waals surface area contributed by atoms with Gasteiger partial charge in [-0.25, -0.2) is 0 Å². The Kier molecular flexibility index (Phi) is 3.91. The first-order valence-corrected chi connectivity index (χ1v) is 4.67. The van der Waals surface area contributed by atoms with Crippen molar-refractivity contribution in [2.24, 2.45) is 0 Å². The van der Waals surface area contributed by atoms with E-state index in [0.29, 0.717) is 0 Å². The summed E-state index contributed by atoms with van der Waals surface area (Å²) in [5, 5.41) is 8.54. The Hall–Kier alpha value is -0.190. The van der Waals surface area contributed by atoms with Crippen molar-refractivity contribution >= 4 is 25.3 Å². The molecule has 2 unspecified atom stereocenters. The molecule has 0 spiro atoms. The second-order valence-corrected chi connectivity index (χ2v) is 3.67. The minimum Gasteiger partial charge on any atom is -0.395 e. The molecular weight excluding hydrogens is 190 g/mol. The van der Waals surface area contributed by atoms with Gasteiger partial charge in [-0.3, -0.25) is 4.98 Å². The molecule has 1 aromatic heterocycles. The Morgan fingerprint density at radius 2 is 2.17 bits per heavy atom. The maximum absolute atomic E-state index is 8.81. The first-order chi connectivity index (χ1) is 5.75. The molecule has 0 aliphatic rings. The summed E-state index contributed by atoms with van der Waals surface area (Å²) in [7, 11) is 0. The third-order valence-corrected chi connectivity index (χ3v) is 2.86. The highest BCUT2D eigenvalue weighted by Gasteiger charge is 2.15. The highest BCUT2D eigenvalue weighted by Crippen LogP contribution is 2.24. The zero-order chi connectivity index (χ0) is 8.97. The smallest absolute Gasteiger partial charge is 0.0578 e. The lowest BCUT2D eigenvalue weighted by Gasteiger charge is -2.14. The van der Waals surface area contributed by atoms with Crippen LogP contribution in [-0.4, -0.2) is 21.9 Å². The molecule has 1 heterocycles. The van der Waals surface area contributed by atoms with Crippen LogP contribution in [0.25, 0.3) is 0 Å². The molecule has 0 aromatic carbocycles. The molecule has 1 aromatic rings. The third kappa shape index (κ3) is 2.40. The van der Waals surface area contributed by atoms with Gasteiger partial charge in [0.25, 0.3) is 0 Å². The molecule has 1 N–H and O–H groups in total. The topological polar surface area (TPSA) is 33.1 Å². The van der Waals surface area contributed by atoms with Crippen LogP contribution in [0.3, 0.4) is 0 Å². The zero-order valence-electron chi connectivity index (χ0n) is 6.46. The number of nitrogens with zero attached hydrogens (tertiary/aromatic N) is 1. The normalized spacial score (nSPS) is 15.6. The van der Waals surface area contributed by atoms with E-state index in [1.807, 2.05) is 18.2 Å². The van der Waals surface area contributed by atoms with Gasteiger partial charge in [0.15, 0.2) is 0 Å². The van der Waals surface area contributed by atoms with E-state index >= 15 is 0 Å². The summed E-state index contributed by atoms with van der Waals surface area (Å²) in [5.74, 6) is 0. The lowest BCUT2D eigenvalue weighted by molar-refractivity contribution is 0.293. The number of aliphatic hydroxyl groups excluding tert-OH is 1. The van der Waals surface area contributed by atoms with Crippen LogP contribution < -0.4 is 0 Å².